The number of thioether (sulfide) groups is 1. The van der Waals surface area contributed by atoms with Crippen LogP contribution >= 0.6 is 23.1 Å². The van der Waals surface area contributed by atoms with Crippen molar-refractivity contribution in [3.63, 3.8) is 0 Å². The molecule has 0 N–H and O–H groups in total. The highest BCUT2D eigenvalue weighted by Crippen LogP contribution is 2.27. The molecule has 0 spiro atoms. The van der Waals surface area contributed by atoms with E-state index in [2.05, 4.69) is 41.1 Å². The van der Waals surface area contributed by atoms with E-state index < -0.39 is 0 Å². The Hall–Kier alpha value is -2.64. The maximum atomic E-state index is 12.8. The van der Waals surface area contributed by atoms with Gasteiger partial charge in [0.25, 0.3) is 0 Å². The van der Waals surface area contributed by atoms with Crippen LogP contribution in [-0.2, 0) is 17.0 Å². The predicted octanol–water partition coefficient (Wildman–Crippen LogP) is 4.84. The van der Waals surface area contributed by atoms with Crippen molar-refractivity contribution in [2.75, 3.05) is 31.1 Å². The minimum Gasteiger partial charge on any atom is -0.368 e. The molecule has 0 aliphatic carbocycles. The number of hydrogen-bond acceptors (Lipinski definition) is 6. The van der Waals surface area contributed by atoms with E-state index in [-0.39, 0.29) is 11.7 Å². The number of Topliss-reactive ketones (excluding diaryl/α,β-unsaturated/α-hetero) is 1. The summed E-state index contributed by atoms with van der Waals surface area (Å²) in [4.78, 5) is 33.1. The lowest BCUT2D eigenvalue weighted by Crippen LogP contribution is -2.49. The summed E-state index contributed by atoms with van der Waals surface area (Å²) in [6.45, 7) is 6.65. The summed E-state index contributed by atoms with van der Waals surface area (Å²) in [7, 11) is 0. The Labute approximate surface area is 197 Å². The SMILES string of the molecule is CC(=O)c1ccc(N2CCN(C(=O)Cc3csc(SCc4ccc(C)cc4)n3)CC2)cc1. The van der Waals surface area contributed by atoms with Crippen molar-refractivity contribution in [1.82, 2.24) is 9.88 Å². The Morgan fingerprint density at radius 1 is 1.00 bits per heavy atom. The van der Waals surface area contributed by atoms with Gasteiger partial charge >= 0.3 is 0 Å². The molecule has 1 aromatic heterocycles. The van der Waals surface area contributed by atoms with Crippen LogP contribution in [0.5, 0.6) is 0 Å². The normalized spacial score (nSPS) is 13.9. The van der Waals surface area contributed by atoms with Gasteiger partial charge in [0.1, 0.15) is 4.34 Å². The second kappa shape index (κ2) is 10.3. The Kier molecular flexibility index (Phi) is 7.27. The van der Waals surface area contributed by atoms with Gasteiger partial charge in [-0.05, 0) is 43.7 Å². The number of benzene rings is 2. The summed E-state index contributed by atoms with van der Waals surface area (Å²) in [5, 5.41) is 2.00. The number of amides is 1. The summed E-state index contributed by atoms with van der Waals surface area (Å²) < 4.78 is 1.01. The van der Waals surface area contributed by atoms with Crippen molar-refractivity contribution < 1.29 is 9.59 Å². The number of carbonyl (C=O) groups is 2. The molecule has 0 bridgehead atoms. The molecule has 166 valence electrons. The first-order valence-corrected chi connectivity index (χ1v) is 12.6. The molecule has 0 radical (unpaired) electrons. The molecule has 1 aliphatic rings. The summed E-state index contributed by atoms with van der Waals surface area (Å²) in [6, 6.07) is 16.3. The lowest BCUT2D eigenvalue weighted by atomic mass is 10.1. The van der Waals surface area contributed by atoms with Crippen molar-refractivity contribution in [2.45, 2.75) is 30.4 Å². The molecule has 32 heavy (non-hydrogen) atoms. The highest BCUT2D eigenvalue weighted by Gasteiger charge is 2.22. The van der Waals surface area contributed by atoms with Crippen molar-refractivity contribution in [3.8, 4) is 0 Å². The molecular weight excluding hydrogens is 438 g/mol. The van der Waals surface area contributed by atoms with E-state index in [1.807, 2.05) is 34.5 Å². The number of aromatic nitrogens is 1. The third kappa shape index (κ3) is 5.78. The molecule has 1 amide bonds. The minimum atomic E-state index is 0.0747. The number of hydrogen-bond donors (Lipinski definition) is 0. The zero-order valence-corrected chi connectivity index (χ0v) is 20.0. The maximum absolute atomic E-state index is 12.8. The molecule has 2 heterocycles. The van der Waals surface area contributed by atoms with E-state index in [1.54, 1.807) is 30.0 Å². The molecule has 0 atom stereocenters. The molecule has 2 aromatic carbocycles. The third-order valence-corrected chi connectivity index (χ3v) is 7.76. The van der Waals surface area contributed by atoms with Gasteiger partial charge in [0.2, 0.25) is 5.91 Å². The number of aryl methyl sites for hydroxylation is 1. The molecule has 3 aromatic rings. The fourth-order valence-electron chi connectivity index (χ4n) is 3.65. The number of nitrogens with zero attached hydrogens (tertiary/aromatic N) is 3. The lowest BCUT2D eigenvalue weighted by Gasteiger charge is -2.36. The number of carbonyl (C=O) groups excluding carboxylic acids is 2. The molecule has 0 saturated carbocycles. The molecule has 5 nitrogen and oxygen atoms in total. The van der Waals surface area contributed by atoms with Crippen molar-refractivity contribution in [2.24, 2.45) is 0 Å². The van der Waals surface area contributed by atoms with Crippen LogP contribution in [0.4, 0.5) is 5.69 Å². The summed E-state index contributed by atoms with van der Waals surface area (Å²) >= 11 is 3.33. The van der Waals surface area contributed by atoms with Crippen LogP contribution in [0.3, 0.4) is 0 Å². The number of anilines is 1. The summed E-state index contributed by atoms with van der Waals surface area (Å²) in [5.41, 5.74) is 5.22. The number of thiazole rings is 1. The Morgan fingerprint density at radius 3 is 2.34 bits per heavy atom. The first-order valence-electron chi connectivity index (χ1n) is 10.7. The molecule has 1 aliphatic heterocycles. The molecule has 7 heteroatoms. The van der Waals surface area contributed by atoms with Gasteiger partial charge in [0, 0.05) is 48.6 Å². The number of piperazine rings is 1. The fraction of sp³-hybridized carbons (Fsp3) is 0.320. The van der Waals surface area contributed by atoms with E-state index in [0.29, 0.717) is 19.5 Å². The molecule has 4 rings (SSSR count). The second-order valence-corrected chi connectivity index (χ2v) is 10.1. The standard InChI is InChI=1S/C25H27N3O2S2/c1-18-3-5-20(6-4-18)16-31-25-26-22(17-32-25)15-24(30)28-13-11-27(12-14-28)23-9-7-21(8-10-23)19(2)29/h3-10,17H,11-16H2,1-2H3. The third-order valence-electron chi connectivity index (χ3n) is 5.62. The fourth-order valence-corrected chi connectivity index (χ4v) is 5.45. The smallest absolute Gasteiger partial charge is 0.228 e. The van der Waals surface area contributed by atoms with Gasteiger partial charge in [-0.3, -0.25) is 9.59 Å². The van der Waals surface area contributed by atoms with Crippen molar-refractivity contribution in [3.05, 3.63) is 76.3 Å². The van der Waals surface area contributed by atoms with E-state index in [4.69, 9.17) is 0 Å². The van der Waals surface area contributed by atoms with Crippen LogP contribution in [-0.4, -0.2) is 47.8 Å². The van der Waals surface area contributed by atoms with Crippen molar-refractivity contribution >= 4 is 40.5 Å². The lowest BCUT2D eigenvalue weighted by molar-refractivity contribution is -0.130. The molecule has 0 unspecified atom stereocenters. The van der Waals surface area contributed by atoms with Gasteiger partial charge in [0.05, 0.1) is 12.1 Å². The van der Waals surface area contributed by atoms with E-state index in [0.717, 1.165) is 40.1 Å². The average molecular weight is 466 g/mol. The maximum Gasteiger partial charge on any atom is 0.228 e. The van der Waals surface area contributed by atoms with Crippen LogP contribution in [0.15, 0.2) is 58.3 Å². The number of rotatable bonds is 7. The van der Waals surface area contributed by atoms with Crippen molar-refractivity contribution in [1.29, 1.82) is 0 Å². The van der Waals surface area contributed by atoms with Crippen LogP contribution < -0.4 is 4.90 Å². The van der Waals surface area contributed by atoms with Gasteiger partial charge in [-0.2, -0.15) is 0 Å². The quantitative estimate of drug-likeness (QED) is 0.369. The molecule has 1 fully saturated rings. The van der Waals surface area contributed by atoms with Gasteiger partial charge < -0.3 is 9.80 Å². The Balaban J connectivity index is 1.25. The van der Waals surface area contributed by atoms with E-state index in [9.17, 15) is 9.59 Å². The average Bonchev–Trinajstić information content (AvgIpc) is 3.26. The van der Waals surface area contributed by atoms with E-state index >= 15 is 0 Å². The van der Waals surface area contributed by atoms with Crippen LogP contribution in [0, 0.1) is 6.92 Å². The first-order chi connectivity index (χ1) is 15.5. The van der Waals surface area contributed by atoms with Gasteiger partial charge in [0.15, 0.2) is 5.78 Å². The summed E-state index contributed by atoms with van der Waals surface area (Å²) in [6.07, 6.45) is 0.356. The zero-order valence-electron chi connectivity index (χ0n) is 18.4. The molecular formula is C25H27N3O2S2. The van der Waals surface area contributed by atoms with Gasteiger partial charge in [-0.1, -0.05) is 41.6 Å². The van der Waals surface area contributed by atoms with Gasteiger partial charge in [-0.25, -0.2) is 4.98 Å². The monoisotopic (exact) mass is 465 g/mol. The van der Waals surface area contributed by atoms with Crippen LogP contribution in [0.1, 0.15) is 34.1 Å². The Morgan fingerprint density at radius 2 is 1.69 bits per heavy atom. The highest BCUT2D eigenvalue weighted by molar-refractivity contribution is 8.00. The largest absolute Gasteiger partial charge is 0.368 e. The zero-order chi connectivity index (χ0) is 22.5. The topological polar surface area (TPSA) is 53.5 Å². The number of ketones is 1. The van der Waals surface area contributed by atoms with Gasteiger partial charge in [-0.15, -0.1) is 11.3 Å². The predicted molar refractivity (Wildman–Crippen MR) is 132 cm³/mol. The molecule has 1 saturated heterocycles. The van der Waals surface area contributed by atoms with Crippen LogP contribution in [0.25, 0.3) is 0 Å². The van der Waals surface area contributed by atoms with E-state index in [1.165, 1.54) is 11.1 Å². The highest BCUT2D eigenvalue weighted by atomic mass is 32.2. The van der Waals surface area contributed by atoms with Crippen LogP contribution in [0.2, 0.25) is 0 Å². The minimum absolute atomic E-state index is 0.0747. The Bertz CT molecular complexity index is 1070. The summed E-state index contributed by atoms with van der Waals surface area (Å²) in [5.74, 6) is 1.10. The first kappa shape index (κ1) is 22.6. The second-order valence-electron chi connectivity index (χ2n) is 8.03.